The Hall–Kier alpha value is -2.92. The monoisotopic (exact) mass is 365 g/mol. The lowest BCUT2D eigenvalue weighted by Gasteiger charge is -2.17. The van der Waals surface area contributed by atoms with Gasteiger partial charge in [0.05, 0.1) is 17.1 Å². The molecule has 1 fully saturated rings. The number of carbonyl (C=O) groups is 2. The largest absolute Gasteiger partial charge is 0.324 e. The molecule has 0 bridgehead atoms. The molecule has 0 aliphatic carbocycles. The number of rotatable bonds is 3. The molecule has 26 heavy (non-hydrogen) atoms. The van der Waals surface area contributed by atoms with Crippen molar-refractivity contribution in [3.63, 3.8) is 0 Å². The number of benzene rings is 2. The van der Waals surface area contributed by atoms with Crippen LogP contribution in [0, 0.1) is 5.92 Å². The quantitative estimate of drug-likeness (QED) is 0.766. The third kappa shape index (κ3) is 3.13. The number of fused-ring (bicyclic) bond motifs is 1. The molecule has 1 unspecified atom stereocenters. The van der Waals surface area contributed by atoms with Crippen LogP contribution in [-0.2, 0) is 9.59 Å². The lowest BCUT2D eigenvalue weighted by Crippen LogP contribution is -2.28. The first-order chi connectivity index (χ1) is 12.6. The van der Waals surface area contributed by atoms with Gasteiger partial charge in [-0.3, -0.25) is 14.6 Å². The Morgan fingerprint density at radius 3 is 2.69 bits per heavy atom. The molecule has 1 atom stereocenters. The highest BCUT2D eigenvalue weighted by Gasteiger charge is 2.35. The average molecular weight is 366 g/mol. The van der Waals surface area contributed by atoms with E-state index in [-0.39, 0.29) is 18.2 Å². The van der Waals surface area contributed by atoms with Gasteiger partial charge in [-0.15, -0.1) is 0 Å². The van der Waals surface area contributed by atoms with E-state index >= 15 is 0 Å². The smallest absolute Gasteiger partial charge is 0.229 e. The number of nitrogens with one attached hydrogen (secondary N) is 1. The van der Waals surface area contributed by atoms with Gasteiger partial charge in [-0.2, -0.15) is 0 Å². The molecular formula is C20H16ClN3O2. The average Bonchev–Trinajstić information content (AvgIpc) is 3.05. The number of pyridine rings is 1. The van der Waals surface area contributed by atoms with Crippen molar-refractivity contribution in [2.45, 2.75) is 6.42 Å². The molecule has 1 saturated heterocycles. The first-order valence-corrected chi connectivity index (χ1v) is 8.70. The van der Waals surface area contributed by atoms with Crippen molar-refractivity contribution in [3.8, 4) is 0 Å². The number of hydrogen-bond donors (Lipinski definition) is 1. The zero-order chi connectivity index (χ0) is 18.1. The maximum absolute atomic E-state index is 12.7. The second-order valence-corrected chi connectivity index (χ2v) is 6.69. The fourth-order valence-corrected chi connectivity index (χ4v) is 3.32. The lowest BCUT2D eigenvalue weighted by atomic mass is 10.1. The van der Waals surface area contributed by atoms with Crippen LogP contribution in [0.2, 0.25) is 5.02 Å². The summed E-state index contributed by atoms with van der Waals surface area (Å²) in [6.45, 7) is 0.352. The highest BCUT2D eigenvalue weighted by atomic mass is 35.5. The van der Waals surface area contributed by atoms with E-state index in [4.69, 9.17) is 11.6 Å². The van der Waals surface area contributed by atoms with Gasteiger partial charge in [0.2, 0.25) is 11.8 Å². The zero-order valence-corrected chi connectivity index (χ0v) is 14.6. The van der Waals surface area contributed by atoms with E-state index in [1.165, 1.54) is 0 Å². The van der Waals surface area contributed by atoms with Crippen molar-refractivity contribution in [1.82, 2.24) is 4.98 Å². The third-order valence-electron chi connectivity index (χ3n) is 4.52. The summed E-state index contributed by atoms with van der Waals surface area (Å²) in [7, 11) is 0. The molecule has 0 spiro atoms. The first-order valence-electron chi connectivity index (χ1n) is 8.32. The van der Waals surface area contributed by atoms with E-state index in [9.17, 15) is 9.59 Å². The van der Waals surface area contributed by atoms with Gasteiger partial charge in [-0.1, -0.05) is 29.8 Å². The highest BCUT2D eigenvalue weighted by Crippen LogP contribution is 2.28. The highest BCUT2D eigenvalue weighted by molar-refractivity contribution is 6.30. The zero-order valence-electron chi connectivity index (χ0n) is 13.9. The standard InChI is InChI=1S/C20H16ClN3O2/c21-15-6-8-16(9-7-15)24-12-14(11-18(24)25)20(26)23-17-5-1-3-13-4-2-10-22-19(13)17/h1-10,14H,11-12H2,(H,23,26). The number of halogens is 1. The van der Waals surface area contributed by atoms with Gasteiger partial charge in [0.1, 0.15) is 0 Å². The molecule has 1 N–H and O–H groups in total. The van der Waals surface area contributed by atoms with Crippen LogP contribution in [0.3, 0.4) is 0 Å². The maximum atomic E-state index is 12.7. The third-order valence-corrected chi connectivity index (χ3v) is 4.78. The molecule has 2 amide bonds. The summed E-state index contributed by atoms with van der Waals surface area (Å²) in [4.78, 5) is 31.0. The van der Waals surface area contributed by atoms with E-state index in [1.54, 1.807) is 35.4 Å². The molecule has 5 nitrogen and oxygen atoms in total. The van der Waals surface area contributed by atoms with Crippen LogP contribution >= 0.6 is 11.6 Å². The Morgan fingerprint density at radius 2 is 1.88 bits per heavy atom. The summed E-state index contributed by atoms with van der Waals surface area (Å²) in [5, 5.41) is 4.49. The van der Waals surface area contributed by atoms with Gasteiger partial charge in [-0.25, -0.2) is 0 Å². The fraction of sp³-hybridized carbons (Fsp3) is 0.150. The molecule has 6 heteroatoms. The van der Waals surface area contributed by atoms with Crippen LogP contribution in [0.4, 0.5) is 11.4 Å². The van der Waals surface area contributed by atoms with Gasteiger partial charge in [-0.05, 0) is 36.4 Å². The topological polar surface area (TPSA) is 62.3 Å². The Bertz CT molecular complexity index is 983. The number of amides is 2. The van der Waals surface area contributed by atoms with Crippen LogP contribution in [0.5, 0.6) is 0 Å². The van der Waals surface area contributed by atoms with E-state index in [0.29, 0.717) is 17.3 Å². The lowest BCUT2D eigenvalue weighted by molar-refractivity contribution is -0.122. The summed E-state index contributed by atoms with van der Waals surface area (Å²) < 4.78 is 0. The van der Waals surface area contributed by atoms with Gasteiger partial charge in [0.15, 0.2) is 0 Å². The predicted octanol–water partition coefficient (Wildman–Crippen LogP) is 3.88. The second kappa shape index (κ2) is 6.77. The molecule has 4 rings (SSSR count). The Morgan fingerprint density at radius 1 is 1.12 bits per heavy atom. The van der Waals surface area contributed by atoms with Crippen molar-refractivity contribution in [3.05, 3.63) is 65.8 Å². The van der Waals surface area contributed by atoms with Crippen LogP contribution in [0.15, 0.2) is 60.8 Å². The summed E-state index contributed by atoms with van der Waals surface area (Å²) in [5.41, 5.74) is 2.15. The summed E-state index contributed by atoms with van der Waals surface area (Å²) >= 11 is 5.90. The number of carbonyl (C=O) groups excluding carboxylic acids is 2. The Labute approximate surface area is 155 Å². The molecule has 2 aromatic carbocycles. The molecule has 0 saturated carbocycles. The number of anilines is 2. The molecule has 1 aromatic heterocycles. The second-order valence-electron chi connectivity index (χ2n) is 6.25. The number of nitrogens with zero attached hydrogens (tertiary/aromatic N) is 2. The van der Waals surface area contributed by atoms with Crippen molar-refractivity contribution < 1.29 is 9.59 Å². The van der Waals surface area contributed by atoms with E-state index in [1.807, 2.05) is 30.3 Å². The van der Waals surface area contributed by atoms with Gasteiger partial charge in [0, 0.05) is 35.3 Å². The summed E-state index contributed by atoms with van der Waals surface area (Å²) in [6.07, 6.45) is 1.88. The first kappa shape index (κ1) is 16.5. The molecular weight excluding hydrogens is 350 g/mol. The van der Waals surface area contributed by atoms with E-state index in [0.717, 1.165) is 16.6 Å². The van der Waals surface area contributed by atoms with Gasteiger partial charge >= 0.3 is 0 Å². The van der Waals surface area contributed by atoms with Crippen molar-refractivity contribution in [1.29, 1.82) is 0 Å². The number of aromatic nitrogens is 1. The summed E-state index contributed by atoms with van der Waals surface area (Å²) in [6, 6.07) is 16.5. The van der Waals surface area contributed by atoms with E-state index in [2.05, 4.69) is 10.3 Å². The SMILES string of the molecule is O=C(Nc1cccc2cccnc12)C1CC(=O)N(c2ccc(Cl)cc2)C1. The van der Waals surface area contributed by atoms with Crippen molar-refractivity contribution >= 4 is 45.7 Å². The van der Waals surface area contributed by atoms with Crippen LogP contribution in [0.25, 0.3) is 10.9 Å². The number of hydrogen-bond acceptors (Lipinski definition) is 3. The minimum absolute atomic E-state index is 0.0662. The minimum Gasteiger partial charge on any atom is -0.324 e. The predicted molar refractivity (Wildman–Crippen MR) is 102 cm³/mol. The molecule has 3 aromatic rings. The normalized spacial score (nSPS) is 16.9. The van der Waals surface area contributed by atoms with Crippen LogP contribution < -0.4 is 10.2 Å². The molecule has 0 radical (unpaired) electrons. The minimum atomic E-state index is -0.405. The number of para-hydroxylation sites is 1. The maximum Gasteiger partial charge on any atom is 0.229 e. The van der Waals surface area contributed by atoms with Crippen LogP contribution in [-0.4, -0.2) is 23.3 Å². The molecule has 2 heterocycles. The fourth-order valence-electron chi connectivity index (χ4n) is 3.19. The van der Waals surface area contributed by atoms with Crippen molar-refractivity contribution in [2.75, 3.05) is 16.8 Å². The van der Waals surface area contributed by atoms with Gasteiger partial charge in [0.25, 0.3) is 0 Å². The Kier molecular flexibility index (Phi) is 4.31. The Balaban J connectivity index is 1.52. The molecule has 130 valence electrons. The van der Waals surface area contributed by atoms with Gasteiger partial charge < -0.3 is 10.2 Å². The summed E-state index contributed by atoms with van der Waals surface area (Å²) in [5.74, 6) is -0.645. The van der Waals surface area contributed by atoms with Crippen molar-refractivity contribution in [2.24, 2.45) is 5.92 Å². The van der Waals surface area contributed by atoms with E-state index < -0.39 is 5.92 Å². The van der Waals surface area contributed by atoms with Crippen LogP contribution in [0.1, 0.15) is 6.42 Å². The molecule has 1 aliphatic heterocycles. The molecule has 1 aliphatic rings.